The van der Waals surface area contributed by atoms with Gasteiger partial charge in [0.25, 0.3) is 0 Å². The van der Waals surface area contributed by atoms with Crippen molar-refractivity contribution in [3.05, 3.63) is 34.6 Å². The SMILES string of the molecule is CC(C)(C)C(=Cc1ccc(Cl)cn1)C(=O)O. The molecule has 0 bridgehead atoms. The fourth-order valence-corrected chi connectivity index (χ4v) is 1.33. The summed E-state index contributed by atoms with van der Waals surface area (Å²) in [5.74, 6) is -0.927. The quantitative estimate of drug-likeness (QED) is 0.806. The molecule has 0 radical (unpaired) electrons. The van der Waals surface area contributed by atoms with Crippen LogP contribution < -0.4 is 0 Å². The van der Waals surface area contributed by atoms with Crippen LogP contribution in [0, 0.1) is 5.41 Å². The molecular formula is C12H14ClNO2. The molecule has 1 aromatic heterocycles. The van der Waals surface area contributed by atoms with Gasteiger partial charge in [0, 0.05) is 11.8 Å². The highest BCUT2D eigenvalue weighted by Crippen LogP contribution is 2.27. The van der Waals surface area contributed by atoms with Crippen molar-refractivity contribution < 1.29 is 9.90 Å². The average Bonchev–Trinajstić information content (AvgIpc) is 2.14. The van der Waals surface area contributed by atoms with Gasteiger partial charge in [-0.1, -0.05) is 32.4 Å². The van der Waals surface area contributed by atoms with E-state index in [4.69, 9.17) is 16.7 Å². The first kappa shape index (κ1) is 12.7. The summed E-state index contributed by atoms with van der Waals surface area (Å²) in [4.78, 5) is 15.1. The van der Waals surface area contributed by atoms with E-state index >= 15 is 0 Å². The van der Waals surface area contributed by atoms with Crippen LogP contribution in [-0.2, 0) is 4.79 Å². The summed E-state index contributed by atoms with van der Waals surface area (Å²) in [5.41, 5.74) is 0.492. The molecule has 1 aromatic rings. The van der Waals surface area contributed by atoms with E-state index in [-0.39, 0.29) is 0 Å². The Morgan fingerprint density at radius 1 is 1.44 bits per heavy atom. The van der Waals surface area contributed by atoms with Gasteiger partial charge in [0.15, 0.2) is 0 Å². The third-order valence-electron chi connectivity index (χ3n) is 2.08. The predicted molar refractivity (Wildman–Crippen MR) is 64.3 cm³/mol. The fourth-order valence-electron chi connectivity index (χ4n) is 1.22. The minimum absolute atomic E-state index is 0.322. The lowest BCUT2D eigenvalue weighted by Gasteiger charge is -2.19. The molecule has 4 heteroatoms. The van der Waals surface area contributed by atoms with Gasteiger partial charge in [-0.3, -0.25) is 4.98 Å². The van der Waals surface area contributed by atoms with E-state index in [1.165, 1.54) is 6.20 Å². The summed E-state index contributed by atoms with van der Waals surface area (Å²) in [5, 5.41) is 9.63. The molecule has 1 heterocycles. The van der Waals surface area contributed by atoms with Crippen LogP contribution in [0.4, 0.5) is 0 Å². The van der Waals surface area contributed by atoms with Gasteiger partial charge in [-0.15, -0.1) is 0 Å². The predicted octanol–water partition coefficient (Wildman–Crippen LogP) is 3.25. The molecule has 0 amide bonds. The molecule has 0 aliphatic carbocycles. The Labute approximate surface area is 99.8 Å². The number of carboxylic acids is 1. The van der Waals surface area contributed by atoms with Crippen LogP contribution in [0.2, 0.25) is 5.02 Å². The van der Waals surface area contributed by atoms with Crippen molar-refractivity contribution >= 4 is 23.6 Å². The van der Waals surface area contributed by atoms with Crippen LogP contribution in [0.5, 0.6) is 0 Å². The van der Waals surface area contributed by atoms with E-state index in [9.17, 15) is 4.79 Å². The van der Waals surface area contributed by atoms with Gasteiger partial charge in [0.1, 0.15) is 0 Å². The van der Waals surface area contributed by atoms with Gasteiger partial charge in [-0.05, 0) is 23.6 Å². The summed E-state index contributed by atoms with van der Waals surface area (Å²) in [6.45, 7) is 5.55. The number of carboxylic acid groups (broad SMARTS) is 1. The minimum Gasteiger partial charge on any atom is -0.478 e. The molecule has 1 rings (SSSR count). The van der Waals surface area contributed by atoms with E-state index in [1.54, 1.807) is 18.2 Å². The molecular weight excluding hydrogens is 226 g/mol. The molecule has 0 saturated carbocycles. The molecule has 0 aromatic carbocycles. The number of aromatic nitrogens is 1. The maximum absolute atomic E-state index is 11.1. The van der Waals surface area contributed by atoms with Gasteiger partial charge in [-0.25, -0.2) is 4.79 Å². The zero-order valence-electron chi connectivity index (χ0n) is 9.49. The molecule has 86 valence electrons. The molecule has 0 fully saturated rings. The summed E-state index contributed by atoms with van der Waals surface area (Å²) in [7, 11) is 0. The van der Waals surface area contributed by atoms with Gasteiger partial charge < -0.3 is 5.11 Å². The Morgan fingerprint density at radius 2 is 2.06 bits per heavy atom. The standard InChI is InChI=1S/C12H14ClNO2/c1-12(2,3)10(11(15)16)6-9-5-4-8(13)7-14-9/h4-7H,1-3H3,(H,15,16). The van der Waals surface area contributed by atoms with Crippen LogP contribution in [0.25, 0.3) is 6.08 Å². The van der Waals surface area contributed by atoms with E-state index in [0.717, 1.165) is 0 Å². The minimum atomic E-state index is -0.927. The third-order valence-corrected chi connectivity index (χ3v) is 2.30. The highest BCUT2D eigenvalue weighted by Gasteiger charge is 2.23. The summed E-state index contributed by atoms with van der Waals surface area (Å²) < 4.78 is 0. The van der Waals surface area contributed by atoms with Crippen LogP contribution in [0.15, 0.2) is 23.9 Å². The Morgan fingerprint density at radius 3 is 2.44 bits per heavy atom. The highest BCUT2D eigenvalue weighted by atomic mass is 35.5. The molecule has 1 N–H and O–H groups in total. The smallest absolute Gasteiger partial charge is 0.332 e. The van der Waals surface area contributed by atoms with E-state index in [2.05, 4.69) is 4.98 Å². The number of rotatable bonds is 2. The van der Waals surface area contributed by atoms with Crippen LogP contribution >= 0.6 is 11.6 Å². The van der Waals surface area contributed by atoms with Crippen LogP contribution in [0.1, 0.15) is 26.5 Å². The zero-order chi connectivity index (χ0) is 12.3. The molecule has 0 saturated heterocycles. The summed E-state index contributed by atoms with van der Waals surface area (Å²) in [6.07, 6.45) is 3.06. The molecule has 16 heavy (non-hydrogen) atoms. The number of hydrogen-bond donors (Lipinski definition) is 1. The number of nitrogens with zero attached hydrogens (tertiary/aromatic N) is 1. The zero-order valence-corrected chi connectivity index (χ0v) is 10.2. The number of pyridine rings is 1. The molecule has 0 unspecified atom stereocenters. The van der Waals surface area contributed by atoms with Crippen molar-refractivity contribution in [3.8, 4) is 0 Å². The largest absolute Gasteiger partial charge is 0.478 e. The maximum atomic E-state index is 11.1. The Bertz CT molecular complexity index is 416. The van der Waals surface area contributed by atoms with Crippen molar-refractivity contribution in [1.82, 2.24) is 4.98 Å². The van der Waals surface area contributed by atoms with Crippen molar-refractivity contribution in [2.24, 2.45) is 5.41 Å². The van der Waals surface area contributed by atoms with E-state index in [1.807, 2.05) is 20.8 Å². The lowest BCUT2D eigenvalue weighted by molar-refractivity contribution is -0.133. The molecule has 0 spiro atoms. The molecule has 0 atom stereocenters. The number of carbonyl (C=O) groups is 1. The Balaban J connectivity index is 3.13. The monoisotopic (exact) mass is 239 g/mol. The van der Waals surface area contributed by atoms with Crippen molar-refractivity contribution in [2.45, 2.75) is 20.8 Å². The van der Waals surface area contributed by atoms with Gasteiger partial charge in [0.05, 0.1) is 10.7 Å². The second kappa shape index (κ2) is 4.66. The summed E-state index contributed by atoms with van der Waals surface area (Å²) >= 11 is 5.70. The van der Waals surface area contributed by atoms with Gasteiger partial charge in [-0.2, -0.15) is 0 Å². The first-order valence-corrected chi connectivity index (χ1v) is 5.25. The van der Waals surface area contributed by atoms with Crippen molar-refractivity contribution in [2.75, 3.05) is 0 Å². The van der Waals surface area contributed by atoms with Gasteiger partial charge in [0.2, 0.25) is 0 Å². The number of halogens is 1. The maximum Gasteiger partial charge on any atom is 0.332 e. The Hall–Kier alpha value is -1.35. The first-order valence-electron chi connectivity index (χ1n) is 4.88. The fraction of sp³-hybridized carbons (Fsp3) is 0.333. The van der Waals surface area contributed by atoms with Crippen molar-refractivity contribution in [3.63, 3.8) is 0 Å². The summed E-state index contributed by atoms with van der Waals surface area (Å²) in [6, 6.07) is 3.37. The molecule has 0 aliphatic heterocycles. The topological polar surface area (TPSA) is 50.2 Å². The second-order valence-electron chi connectivity index (χ2n) is 4.51. The normalized spacial score (nSPS) is 12.6. The second-order valence-corrected chi connectivity index (χ2v) is 4.95. The number of hydrogen-bond acceptors (Lipinski definition) is 2. The first-order chi connectivity index (χ1) is 7.30. The molecule has 3 nitrogen and oxygen atoms in total. The van der Waals surface area contributed by atoms with E-state index < -0.39 is 11.4 Å². The lowest BCUT2D eigenvalue weighted by Crippen LogP contribution is -2.17. The van der Waals surface area contributed by atoms with Crippen molar-refractivity contribution in [1.29, 1.82) is 0 Å². The van der Waals surface area contributed by atoms with Gasteiger partial charge >= 0.3 is 5.97 Å². The lowest BCUT2D eigenvalue weighted by atomic mass is 9.86. The van der Waals surface area contributed by atoms with Crippen LogP contribution in [0.3, 0.4) is 0 Å². The average molecular weight is 240 g/mol. The third kappa shape index (κ3) is 3.35. The van der Waals surface area contributed by atoms with Crippen LogP contribution in [-0.4, -0.2) is 16.1 Å². The number of aliphatic carboxylic acids is 1. The Kier molecular flexibility index (Phi) is 3.70. The molecule has 0 aliphatic rings. The van der Waals surface area contributed by atoms with E-state index in [0.29, 0.717) is 16.3 Å². The highest BCUT2D eigenvalue weighted by molar-refractivity contribution is 6.30.